The average Bonchev–Trinajstić information content (AvgIpc) is 2.71. The molecule has 1 fully saturated rings. The van der Waals surface area contributed by atoms with Gasteiger partial charge in [-0.25, -0.2) is 8.42 Å². The molecule has 1 heterocycles. The largest absolute Gasteiger partial charge is 0.492 e. The number of nitrogens with zero attached hydrogens (tertiary/aromatic N) is 2. The van der Waals surface area contributed by atoms with Crippen molar-refractivity contribution >= 4 is 27.6 Å². The molecule has 1 saturated heterocycles. The molecular formula is C21H32N2O6S. The van der Waals surface area contributed by atoms with Crippen LogP contribution in [0.5, 0.6) is 5.75 Å². The number of sulfonamides is 1. The van der Waals surface area contributed by atoms with E-state index in [0.29, 0.717) is 57.0 Å². The molecule has 1 aromatic rings. The first-order valence-corrected chi connectivity index (χ1v) is 12.3. The molecule has 1 aliphatic rings. The number of carbonyl (C=O) groups excluding carboxylic acids is 2. The number of hydrogen-bond acceptors (Lipinski definition) is 6. The van der Waals surface area contributed by atoms with Crippen molar-refractivity contribution in [1.29, 1.82) is 0 Å². The van der Waals surface area contributed by atoms with Gasteiger partial charge in [-0.1, -0.05) is 12.1 Å². The van der Waals surface area contributed by atoms with Crippen LogP contribution in [0.3, 0.4) is 0 Å². The highest BCUT2D eigenvalue weighted by Gasteiger charge is 2.28. The Labute approximate surface area is 179 Å². The second-order valence-electron chi connectivity index (χ2n) is 7.25. The Kier molecular flexibility index (Phi) is 8.95. The molecule has 0 bridgehead atoms. The lowest BCUT2D eigenvalue weighted by molar-refractivity contribution is -0.151. The standard InChI is InChI=1S/C21H32N2O6S/c1-4-28-19-10-7-6-9-18(19)23(30(3,26)27)14-8-11-20(24)22-15-12-17(13-16-22)21(25)29-5-2/h6-7,9-10,17H,4-5,8,11-16H2,1-3H3. The second-order valence-corrected chi connectivity index (χ2v) is 9.15. The molecule has 9 heteroatoms. The number of amides is 1. The Hall–Kier alpha value is -2.29. The summed E-state index contributed by atoms with van der Waals surface area (Å²) in [5.41, 5.74) is 0.476. The molecule has 8 nitrogen and oxygen atoms in total. The van der Waals surface area contributed by atoms with Gasteiger partial charge in [0, 0.05) is 26.1 Å². The van der Waals surface area contributed by atoms with Crippen LogP contribution in [0.2, 0.25) is 0 Å². The number of carbonyl (C=O) groups is 2. The van der Waals surface area contributed by atoms with E-state index in [9.17, 15) is 18.0 Å². The van der Waals surface area contributed by atoms with Crippen molar-refractivity contribution in [3.8, 4) is 5.75 Å². The summed E-state index contributed by atoms with van der Waals surface area (Å²) in [5, 5.41) is 0. The molecule has 0 radical (unpaired) electrons. The molecule has 1 amide bonds. The predicted octanol–water partition coefficient (Wildman–Crippen LogP) is 2.43. The number of ether oxygens (including phenoxy) is 2. The third-order valence-electron chi connectivity index (χ3n) is 5.05. The molecule has 2 rings (SSSR count). The van der Waals surface area contributed by atoms with Crippen LogP contribution in [0.25, 0.3) is 0 Å². The maximum absolute atomic E-state index is 12.6. The van der Waals surface area contributed by atoms with Crippen molar-refractivity contribution in [2.45, 2.75) is 39.5 Å². The Morgan fingerprint density at radius 1 is 1.13 bits per heavy atom. The topological polar surface area (TPSA) is 93.2 Å². The van der Waals surface area contributed by atoms with Gasteiger partial charge < -0.3 is 14.4 Å². The van der Waals surface area contributed by atoms with Gasteiger partial charge in [0.1, 0.15) is 5.75 Å². The summed E-state index contributed by atoms with van der Waals surface area (Å²) in [5.74, 6) is 0.132. The van der Waals surface area contributed by atoms with Crippen LogP contribution in [0.15, 0.2) is 24.3 Å². The number of likely N-dealkylation sites (tertiary alicyclic amines) is 1. The number of rotatable bonds is 10. The van der Waals surface area contributed by atoms with Crippen molar-refractivity contribution in [2.24, 2.45) is 5.92 Å². The van der Waals surface area contributed by atoms with Crippen molar-refractivity contribution < 1.29 is 27.5 Å². The van der Waals surface area contributed by atoms with Crippen LogP contribution in [0, 0.1) is 5.92 Å². The monoisotopic (exact) mass is 440 g/mol. The van der Waals surface area contributed by atoms with Crippen molar-refractivity contribution in [3.05, 3.63) is 24.3 Å². The van der Waals surface area contributed by atoms with Crippen LogP contribution < -0.4 is 9.04 Å². The summed E-state index contributed by atoms with van der Waals surface area (Å²) in [6.45, 7) is 5.63. The second kappa shape index (κ2) is 11.2. The normalized spacial score (nSPS) is 15.0. The van der Waals surface area contributed by atoms with E-state index in [4.69, 9.17) is 9.47 Å². The zero-order valence-corrected chi connectivity index (χ0v) is 18.8. The molecule has 0 unspecified atom stereocenters. The molecule has 168 valence electrons. The lowest BCUT2D eigenvalue weighted by Crippen LogP contribution is -2.41. The summed E-state index contributed by atoms with van der Waals surface area (Å²) in [6, 6.07) is 6.98. The predicted molar refractivity (Wildman–Crippen MR) is 115 cm³/mol. The van der Waals surface area contributed by atoms with Crippen LogP contribution in [0.1, 0.15) is 39.5 Å². The van der Waals surface area contributed by atoms with Gasteiger partial charge in [0.05, 0.1) is 31.1 Å². The highest BCUT2D eigenvalue weighted by atomic mass is 32.2. The fourth-order valence-electron chi connectivity index (χ4n) is 3.56. The minimum absolute atomic E-state index is 0.0242. The lowest BCUT2D eigenvalue weighted by Gasteiger charge is -2.31. The van der Waals surface area contributed by atoms with E-state index >= 15 is 0 Å². The van der Waals surface area contributed by atoms with Gasteiger partial charge in [-0.3, -0.25) is 13.9 Å². The molecule has 1 aliphatic heterocycles. The number of hydrogen-bond donors (Lipinski definition) is 0. The van der Waals surface area contributed by atoms with E-state index < -0.39 is 10.0 Å². The molecule has 0 atom stereocenters. The molecule has 0 spiro atoms. The fraction of sp³-hybridized carbons (Fsp3) is 0.619. The van der Waals surface area contributed by atoms with Crippen molar-refractivity contribution in [1.82, 2.24) is 4.90 Å². The first-order chi connectivity index (χ1) is 14.3. The average molecular weight is 441 g/mol. The van der Waals surface area contributed by atoms with Gasteiger partial charge in [0.15, 0.2) is 0 Å². The van der Waals surface area contributed by atoms with Gasteiger partial charge in [-0.05, 0) is 45.2 Å². The van der Waals surface area contributed by atoms with Crippen molar-refractivity contribution in [2.75, 3.05) is 43.4 Å². The quantitative estimate of drug-likeness (QED) is 0.519. The van der Waals surface area contributed by atoms with Gasteiger partial charge >= 0.3 is 5.97 Å². The van der Waals surface area contributed by atoms with Crippen LogP contribution in [-0.4, -0.2) is 64.3 Å². The summed E-state index contributed by atoms with van der Waals surface area (Å²) < 4.78 is 36.6. The maximum atomic E-state index is 12.6. The van der Waals surface area contributed by atoms with Crippen LogP contribution in [0.4, 0.5) is 5.69 Å². The van der Waals surface area contributed by atoms with Gasteiger partial charge in [0.25, 0.3) is 0 Å². The molecule has 1 aromatic carbocycles. The molecule has 0 saturated carbocycles. The van der Waals surface area contributed by atoms with Gasteiger partial charge in [0.2, 0.25) is 15.9 Å². The molecule has 30 heavy (non-hydrogen) atoms. The zero-order valence-electron chi connectivity index (χ0n) is 18.0. The molecule has 0 aliphatic carbocycles. The molecule has 0 N–H and O–H groups in total. The highest BCUT2D eigenvalue weighted by Crippen LogP contribution is 2.30. The van der Waals surface area contributed by atoms with E-state index in [0.717, 1.165) is 6.26 Å². The van der Waals surface area contributed by atoms with E-state index in [-0.39, 0.29) is 30.8 Å². The number of anilines is 1. The Morgan fingerprint density at radius 3 is 2.40 bits per heavy atom. The summed E-state index contributed by atoms with van der Waals surface area (Å²) in [7, 11) is -3.53. The van der Waals surface area contributed by atoms with Gasteiger partial charge in [-0.15, -0.1) is 0 Å². The number of benzene rings is 1. The van der Waals surface area contributed by atoms with Crippen molar-refractivity contribution in [3.63, 3.8) is 0 Å². The van der Waals surface area contributed by atoms with E-state index in [1.165, 1.54) is 4.31 Å². The fourth-order valence-corrected chi connectivity index (χ4v) is 4.53. The minimum atomic E-state index is -3.53. The first-order valence-electron chi connectivity index (χ1n) is 10.4. The third-order valence-corrected chi connectivity index (χ3v) is 6.23. The zero-order chi connectivity index (χ0) is 22.1. The van der Waals surface area contributed by atoms with E-state index in [1.807, 2.05) is 6.92 Å². The smallest absolute Gasteiger partial charge is 0.309 e. The summed E-state index contributed by atoms with van der Waals surface area (Å²) in [4.78, 5) is 26.1. The number of piperidine rings is 1. The summed E-state index contributed by atoms with van der Waals surface area (Å²) in [6.07, 6.45) is 2.98. The Balaban J connectivity index is 1.92. The third kappa shape index (κ3) is 6.62. The summed E-state index contributed by atoms with van der Waals surface area (Å²) >= 11 is 0. The molecule has 0 aromatic heterocycles. The maximum Gasteiger partial charge on any atom is 0.309 e. The van der Waals surface area contributed by atoms with E-state index in [1.54, 1.807) is 36.1 Å². The lowest BCUT2D eigenvalue weighted by atomic mass is 9.97. The molecular weight excluding hydrogens is 408 g/mol. The first kappa shape index (κ1) is 24.0. The Morgan fingerprint density at radius 2 is 1.80 bits per heavy atom. The number of para-hydroxylation sites is 2. The Bertz CT molecular complexity index is 819. The van der Waals surface area contributed by atoms with Gasteiger partial charge in [-0.2, -0.15) is 0 Å². The number of esters is 1. The van der Waals surface area contributed by atoms with Crippen LogP contribution in [-0.2, 0) is 24.3 Å². The minimum Gasteiger partial charge on any atom is -0.492 e. The van der Waals surface area contributed by atoms with Crippen LogP contribution >= 0.6 is 0 Å². The SMILES string of the molecule is CCOC(=O)C1CCN(C(=O)CCCN(c2ccccc2OCC)S(C)(=O)=O)CC1. The van der Waals surface area contributed by atoms with E-state index in [2.05, 4.69) is 0 Å². The highest BCUT2D eigenvalue weighted by molar-refractivity contribution is 7.92.